The van der Waals surface area contributed by atoms with Crippen LogP contribution in [0, 0.1) is 6.92 Å². The van der Waals surface area contributed by atoms with Crippen molar-refractivity contribution in [3.8, 4) is 0 Å². The quantitative estimate of drug-likeness (QED) is 0.717. The molecule has 74 valence electrons. The van der Waals surface area contributed by atoms with Crippen molar-refractivity contribution in [1.29, 1.82) is 0 Å². The first-order chi connectivity index (χ1) is 6.75. The fourth-order valence-electron chi connectivity index (χ4n) is 1.02. The predicted molar refractivity (Wildman–Crippen MR) is 51.8 cm³/mol. The first kappa shape index (κ1) is 9.26. The van der Waals surface area contributed by atoms with Gasteiger partial charge in [-0.25, -0.2) is 4.98 Å². The van der Waals surface area contributed by atoms with Crippen LogP contribution in [0.3, 0.4) is 0 Å². The Morgan fingerprint density at radius 1 is 1.57 bits per heavy atom. The van der Waals surface area contributed by atoms with E-state index >= 15 is 0 Å². The summed E-state index contributed by atoms with van der Waals surface area (Å²) in [6.45, 7) is 1.80. The summed E-state index contributed by atoms with van der Waals surface area (Å²) >= 11 is 1.58. The van der Waals surface area contributed by atoms with Crippen molar-refractivity contribution in [2.24, 2.45) is 7.05 Å². The zero-order chi connectivity index (χ0) is 9.97. The van der Waals surface area contributed by atoms with Crippen molar-refractivity contribution in [1.82, 2.24) is 19.7 Å². The Kier molecular flexibility index (Phi) is 2.53. The lowest BCUT2D eigenvalue weighted by atomic mass is 10.7. The molecule has 0 bridgehead atoms. The lowest BCUT2D eigenvalue weighted by Crippen LogP contribution is -1.89. The maximum absolute atomic E-state index is 4.98. The van der Waals surface area contributed by atoms with Crippen molar-refractivity contribution < 1.29 is 4.52 Å². The van der Waals surface area contributed by atoms with E-state index in [1.807, 2.05) is 17.8 Å². The molecule has 0 aliphatic carbocycles. The van der Waals surface area contributed by atoms with Gasteiger partial charge in [-0.05, 0) is 6.92 Å². The second kappa shape index (κ2) is 3.83. The maximum atomic E-state index is 4.98. The topological polar surface area (TPSA) is 56.7 Å². The largest absolute Gasteiger partial charge is 0.338 e. The summed E-state index contributed by atoms with van der Waals surface area (Å²) in [7, 11) is 1.95. The van der Waals surface area contributed by atoms with Crippen LogP contribution in [0.2, 0.25) is 0 Å². The minimum absolute atomic E-state index is 0.635. The van der Waals surface area contributed by atoms with Gasteiger partial charge in [-0.3, -0.25) is 0 Å². The van der Waals surface area contributed by atoms with Crippen molar-refractivity contribution in [2.75, 3.05) is 0 Å². The average molecular weight is 210 g/mol. The Labute approximate surface area is 85.5 Å². The van der Waals surface area contributed by atoms with Crippen LogP contribution >= 0.6 is 11.8 Å². The van der Waals surface area contributed by atoms with Crippen molar-refractivity contribution in [3.05, 3.63) is 24.1 Å². The highest BCUT2D eigenvalue weighted by Gasteiger charge is 2.05. The van der Waals surface area contributed by atoms with E-state index in [0.29, 0.717) is 17.5 Å². The van der Waals surface area contributed by atoms with Crippen LogP contribution in [0.15, 0.2) is 22.1 Å². The van der Waals surface area contributed by atoms with E-state index in [4.69, 9.17) is 4.52 Å². The lowest BCUT2D eigenvalue weighted by Gasteiger charge is -1.97. The normalized spacial score (nSPS) is 10.7. The van der Waals surface area contributed by atoms with E-state index < -0.39 is 0 Å². The van der Waals surface area contributed by atoms with E-state index in [-0.39, 0.29) is 0 Å². The van der Waals surface area contributed by atoms with E-state index in [1.165, 1.54) is 0 Å². The number of imidazole rings is 1. The Hall–Kier alpha value is -1.30. The van der Waals surface area contributed by atoms with Crippen LogP contribution in [0.1, 0.15) is 11.7 Å². The Bertz CT molecular complexity index is 422. The lowest BCUT2D eigenvalue weighted by molar-refractivity contribution is 0.387. The van der Waals surface area contributed by atoms with Gasteiger partial charge in [0.05, 0.1) is 5.75 Å². The number of nitrogens with zero attached hydrogens (tertiary/aromatic N) is 4. The fourth-order valence-corrected chi connectivity index (χ4v) is 1.79. The summed E-state index contributed by atoms with van der Waals surface area (Å²) < 4.78 is 6.94. The van der Waals surface area contributed by atoms with E-state index in [9.17, 15) is 0 Å². The van der Waals surface area contributed by atoms with E-state index in [1.54, 1.807) is 24.9 Å². The van der Waals surface area contributed by atoms with Gasteiger partial charge in [0.1, 0.15) is 0 Å². The summed E-state index contributed by atoms with van der Waals surface area (Å²) in [4.78, 5) is 8.28. The molecule has 5 nitrogen and oxygen atoms in total. The molecule has 0 N–H and O–H groups in total. The zero-order valence-electron chi connectivity index (χ0n) is 7.97. The van der Waals surface area contributed by atoms with Gasteiger partial charge < -0.3 is 9.09 Å². The van der Waals surface area contributed by atoms with Gasteiger partial charge in [0.2, 0.25) is 5.89 Å². The minimum atomic E-state index is 0.635. The number of hydrogen-bond donors (Lipinski definition) is 0. The standard InChI is InChI=1S/C8H10N4OS/c1-6-10-7(13-11-6)5-14-8-9-3-4-12(8)2/h3-4H,5H2,1-2H3. The second-order valence-corrected chi connectivity index (χ2v) is 3.79. The zero-order valence-corrected chi connectivity index (χ0v) is 8.78. The Morgan fingerprint density at radius 2 is 2.43 bits per heavy atom. The maximum Gasteiger partial charge on any atom is 0.237 e. The summed E-state index contributed by atoms with van der Waals surface area (Å²) in [5, 5.41) is 4.66. The number of hydrogen-bond acceptors (Lipinski definition) is 5. The van der Waals surface area contributed by atoms with Gasteiger partial charge in [0.25, 0.3) is 0 Å². The molecule has 0 aliphatic rings. The summed E-state index contributed by atoms with van der Waals surface area (Å²) in [5.74, 6) is 1.96. The van der Waals surface area contributed by atoms with Crippen LogP contribution in [0.4, 0.5) is 0 Å². The molecule has 6 heteroatoms. The van der Waals surface area contributed by atoms with Crippen molar-refractivity contribution in [2.45, 2.75) is 17.8 Å². The molecule has 2 heterocycles. The van der Waals surface area contributed by atoms with Crippen LogP contribution in [-0.2, 0) is 12.8 Å². The molecule has 0 spiro atoms. The van der Waals surface area contributed by atoms with Crippen LogP contribution < -0.4 is 0 Å². The highest BCUT2D eigenvalue weighted by Crippen LogP contribution is 2.18. The van der Waals surface area contributed by atoms with Gasteiger partial charge in [-0.15, -0.1) is 0 Å². The molecule has 2 aromatic rings. The molecule has 0 fully saturated rings. The molecular weight excluding hydrogens is 200 g/mol. The van der Waals surface area contributed by atoms with Crippen LogP contribution in [0.25, 0.3) is 0 Å². The van der Waals surface area contributed by atoms with E-state index in [2.05, 4.69) is 15.1 Å². The highest BCUT2D eigenvalue weighted by molar-refractivity contribution is 7.98. The molecule has 0 aliphatic heterocycles. The number of thioether (sulfide) groups is 1. The number of aryl methyl sites for hydroxylation is 2. The fraction of sp³-hybridized carbons (Fsp3) is 0.375. The third-order valence-electron chi connectivity index (χ3n) is 1.67. The second-order valence-electron chi connectivity index (χ2n) is 2.84. The molecule has 0 radical (unpaired) electrons. The average Bonchev–Trinajstić information content (AvgIpc) is 2.72. The first-order valence-electron chi connectivity index (χ1n) is 4.15. The van der Waals surface area contributed by atoms with Gasteiger partial charge in [-0.2, -0.15) is 4.98 Å². The SMILES string of the molecule is Cc1noc(CSc2nccn2C)n1. The molecule has 2 aromatic heterocycles. The summed E-state index contributed by atoms with van der Waals surface area (Å²) in [5.41, 5.74) is 0. The molecule has 2 rings (SSSR count). The van der Waals surface area contributed by atoms with Gasteiger partial charge in [0, 0.05) is 19.4 Å². The molecule has 0 saturated carbocycles. The third kappa shape index (κ3) is 1.95. The molecule has 0 unspecified atom stereocenters. The van der Waals surface area contributed by atoms with Crippen LogP contribution in [0.5, 0.6) is 0 Å². The van der Waals surface area contributed by atoms with Crippen LogP contribution in [-0.4, -0.2) is 19.7 Å². The molecule has 0 aromatic carbocycles. The summed E-state index contributed by atoms with van der Waals surface area (Å²) in [6.07, 6.45) is 3.67. The van der Waals surface area contributed by atoms with E-state index in [0.717, 1.165) is 5.16 Å². The molecule has 0 saturated heterocycles. The minimum Gasteiger partial charge on any atom is -0.338 e. The monoisotopic (exact) mass is 210 g/mol. The van der Waals surface area contributed by atoms with Gasteiger partial charge in [0.15, 0.2) is 11.0 Å². The van der Waals surface area contributed by atoms with Crippen molar-refractivity contribution in [3.63, 3.8) is 0 Å². The summed E-state index contributed by atoms with van der Waals surface area (Å²) in [6, 6.07) is 0. The Balaban J connectivity index is 1.98. The highest BCUT2D eigenvalue weighted by atomic mass is 32.2. The van der Waals surface area contributed by atoms with Gasteiger partial charge >= 0.3 is 0 Å². The molecule has 0 amide bonds. The molecular formula is C8H10N4OS. The molecule has 14 heavy (non-hydrogen) atoms. The number of rotatable bonds is 3. The van der Waals surface area contributed by atoms with Crippen molar-refractivity contribution >= 4 is 11.8 Å². The number of aromatic nitrogens is 4. The third-order valence-corrected chi connectivity index (χ3v) is 2.71. The smallest absolute Gasteiger partial charge is 0.237 e. The molecule has 0 atom stereocenters. The van der Waals surface area contributed by atoms with Gasteiger partial charge in [-0.1, -0.05) is 16.9 Å². The Morgan fingerprint density at radius 3 is 3.00 bits per heavy atom. The predicted octanol–water partition coefficient (Wildman–Crippen LogP) is 1.40. The first-order valence-corrected chi connectivity index (χ1v) is 5.13.